The van der Waals surface area contributed by atoms with Gasteiger partial charge in [0.25, 0.3) is 0 Å². The summed E-state index contributed by atoms with van der Waals surface area (Å²) in [5.41, 5.74) is 0.547. The third kappa shape index (κ3) is 1.07. The second kappa shape index (κ2) is 2.23. The fourth-order valence-corrected chi connectivity index (χ4v) is 2.06. The molecule has 2 fully saturated rings. The van der Waals surface area contributed by atoms with E-state index in [1.165, 1.54) is 38.6 Å². The maximum absolute atomic E-state index is 3.52. The summed E-state index contributed by atoms with van der Waals surface area (Å²) in [6.45, 7) is 3.62. The van der Waals surface area contributed by atoms with Gasteiger partial charge in [0.05, 0.1) is 0 Å². The lowest BCUT2D eigenvalue weighted by Crippen LogP contribution is -2.55. The second-order valence-electron chi connectivity index (χ2n) is 4.24. The first-order chi connectivity index (χ1) is 4.79. The Labute approximate surface area is 63.2 Å². The normalized spacial score (nSPS) is 40.5. The van der Waals surface area contributed by atoms with E-state index in [1.807, 2.05) is 0 Å². The van der Waals surface area contributed by atoms with Crippen LogP contribution in [0.1, 0.15) is 39.0 Å². The largest absolute Gasteiger partial charge is 0.311 e. The summed E-state index contributed by atoms with van der Waals surface area (Å²) in [5.74, 6) is 1.07. The Kier molecular flexibility index (Phi) is 1.48. The first-order valence-corrected chi connectivity index (χ1v) is 4.54. The van der Waals surface area contributed by atoms with Gasteiger partial charge >= 0.3 is 0 Å². The van der Waals surface area contributed by atoms with Crippen molar-refractivity contribution in [3.8, 4) is 0 Å². The van der Waals surface area contributed by atoms with E-state index in [0.717, 1.165) is 5.92 Å². The molecule has 2 aliphatic rings. The van der Waals surface area contributed by atoms with Gasteiger partial charge in [0, 0.05) is 5.54 Å². The highest BCUT2D eigenvalue weighted by atomic mass is 15.0. The van der Waals surface area contributed by atoms with Gasteiger partial charge in [-0.25, -0.2) is 0 Å². The molecule has 1 heterocycles. The average molecular weight is 139 g/mol. The van der Waals surface area contributed by atoms with Gasteiger partial charge in [0.15, 0.2) is 0 Å². The lowest BCUT2D eigenvalue weighted by Gasteiger charge is -2.44. The Bertz CT molecular complexity index is 123. The number of rotatable bonds is 2. The van der Waals surface area contributed by atoms with Gasteiger partial charge in [-0.3, -0.25) is 0 Å². The van der Waals surface area contributed by atoms with Crippen LogP contribution in [0.4, 0.5) is 0 Å². The van der Waals surface area contributed by atoms with Crippen molar-refractivity contribution in [3.05, 3.63) is 0 Å². The van der Waals surface area contributed by atoms with Gasteiger partial charge < -0.3 is 5.32 Å². The highest BCUT2D eigenvalue weighted by Crippen LogP contribution is 2.36. The van der Waals surface area contributed by atoms with E-state index >= 15 is 0 Å². The van der Waals surface area contributed by atoms with E-state index in [2.05, 4.69) is 12.2 Å². The van der Waals surface area contributed by atoms with Crippen LogP contribution in [0, 0.1) is 5.92 Å². The van der Waals surface area contributed by atoms with Crippen LogP contribution >= 0.6 is 0 Å². The summed E-state index contributed by atoms with van der Waals surface area (Å²) in [5, 5.41) is 3.52. The molecule has 1 saturated heterocycles. The quantitative estimate of drug-likeness (QED) is 0.616. The molecule has 0 radical (unpaired) electrons. The van der Waals surface area contributed by atoms with Gasteiger partial charge in [-0.15, -0.1) is 0 Å². The van der Waals surface area contributed by atoms with E-state index in [9.17, 15) is 0 Å². The topological polar surface area (TPSA) is 12.0 Å². The van der Waals surface area contributed by atoms with Crippen molar-refractivity contribution in [2.24, 2.45) is 5.92 Å². The minimum absolute atomic E-state index is 0.547. The molecule has 0 amide bonds. The molecule has 1 unspecified atom stereocenters. The zero-order chi connectivity index (χ0) is 7.03. The van der Waals surface area contributed by atoms with Crippen molar-refractivity contribution in [2.75, 3.05) is 6.54 Å². The van der Waals surface area contributed by atoms with Crippen LogP contribution in [0.15, 0.2) is 0 Å². The van der Waals surface area contributed by atoms with Crippen LogP contribution in [0.3, 0.4) is 0 Å². The van der Waals surface area contributed by atoms with E-state index in [0.29, 0.717) is 5.54 Å². The summed E-state index contributed by atoms with van der Waals surface area (Å²) in [7, 11) is 0. The molecule has 10 heavy (non-hydrogen) atoms. The second-order valence-corrected chi connectivity index (χ2v) is 4.24. The van der Waals surface area contributed by atoms with Crippen molar-refractivity contribution in [2.45, 2.75) is 44.6 Å². The first-order valence-electron chi connectivity index (χ1n) is 4.54. The fourth-order valence-electron chi connectivity index (χ4n) is 2.06. The number of hydrogen-bond acceptors (Lipinski definition) is 1. The lowest BCUT2D eigenvalue weighted by atomic mass is 9.73. The molecular weight excluding hydrogens is 122 g/mol. The molecule has 0 bridgehead atoms. The fraction of sp³-hybridized carbons (Fsp3) is 1.00. The standard InChI is InChI=1S/C9H17N/c1-9(5-6-10-9)7-8-3-2-4-8/h8,10H,2-7H2,1H3. The monoisotopic (exact) mass is 139 g/mol. The number of nitrogens with one attached hydrogen (secondary N) is 1. The van der Waals surface area contributed by atoms with Crippen LogP contribution in [0.25, 0.3) is 0 Å². The predicted molar refractivity (Wildman–Crippen MR) is 43.0 cm³/mol. The summed E-state index contributed by atoms with van der Waals surface area (Å²) in [6.07, 6.45) is 7.33. The molecule has 1 aliphatic carbocycles. The van der Waals surface area contributed by atoms with Gasteiger partial charge in [-0.2, -0.15) is 0 Å². The minimum atomic E-state index is 0.547. The molecule has 2 rings (SSSR count). The summed E-state index contributed by atoms with van der Waals surface area (Å²) in [4.78, 5) is 0. The Morgan fingerprint density at radius 3 is 2.50 bits per heavy atom. The van der Waals surface area contributed by atoms with Crippen LogP contribution < -0.4 is 5.32 Å². The van der Waals surface area contributed by atoms with Crippen molar-refractivity contribution in [1.29, 1.82) is 0 Å². The molecule has 1 N–H and O–H groups in total. The summed E-state index contributed by atoms with van der Waals surface area (Å²) < 4.78 is 0. The smallest absolute Gasteiger partial charge is 0.0168 e. The molecular formula is C9H17N. The van der Waals surface area contributed by atoms with Gasteiger partial charge in [0.1, 0.15) is 0 Å². The molecule has 58 valence electrons. The third-order valence-electron chi connectivity index (χ3n) is 3.19. The average Bonchev–Trinajstić information content (AvgIpc) is 1.74. The SMILES string of the molecule is CC1(CC2CCC2)CCN1. The Morgan fingerprint density at radius 1 is 1.50 bits per heavy atom. The third-order valence-corrected chi connectivity index (χ3v) is 3.19. The van der Waals surface area contributed by atoms with E-state index in [-0.39, 0.29) is 0 Å². The predicted octanol–water partition coefficient (Wildman–Crippen LogP) is 1.93. The van der Waals surface area contributed by atoms with Crippen molar-refractivity contribution in [1.82, 2.24) is 5.32 Å². The van der Waals surface area contributed by atoms with Gasteiger partial charge in [-0.05, 0) is 32.2 Å². The van der Waals surface area contributed by atoms with Crippen LogP contribution in [-0.2, 0) is 0 Å². The molecule has 1 aliphatic heterocycles. The molecule has 1 nitrogen and oxygen atoms in total. The summed E-state index contributed by atoms with van der Waals surface area (Å²) >= 11 is 0. The molecule has 1 heteroatoms. The Hall–Kier alpha value is -0.0400. The molecule has 0 aromatic heterocycles. The highest BCUT2D eigenvalue weighted by molar-refractivity contribution is 4.95. The van der Waals surface area contributed by atoms with E-state index < -0.39 is 0 Å². The molecule has 1 saturated carbocycles. The lowest BCUT2D eigenvalue weighted by molar-refractivity contribution is 0.144. The zero-order valence-corrected chi connectivity index (χ0v) is 6.82. The maximum Gasteiger partial charge on any atom is 0.0168 e. The zero-order valence-electron chi connectivity index (χ0n) is 6.82. The highest BCUT2D eigenvalue weighted by Gasteiger charge is 2.35. The molecule has 0 spiro atoms. The number of hydrogen-bond donors (Lipinski definition) is 1. The molecule has 1 atom stereocenters. The van der Waals surface area contributed by atoms with Crippen molar-refractivity contribution < 1.29 is 0 Å². The van der Waals surface area contributed by atoms with Crippen LogP contribution in [0.2, 0.25) is 0 Å². The van der Waals surface area contributed by atoms with E-state index in [4.69, 9.17) is 0 Å². The van der Waals surface area contributed by atoms with Crippen LogP contribution in [-0.4, -0.2) is 12.1 Å². The minimum Gasteiger partial charge on any atom is -0.311 e. The molecule has 0 aromatic rings. The maximum atomic E-state index is 3.52. The van der Waals surface area contributed by atoms with Crippen molar-refractivity contribution in [3.63, 3.8) is 0 Å². The van der Waals surface area contributed by atoms with Gasteiger partial charge in [-0.1, -0.05) is 19.3 Å². The van der Waals surface area contributed by atoms with Crippen LogP contribution in [0.5, 0.6) is 0 Å². The van der Waals surface area contributed by atoms with Gasteiger partial charge in [0.2, 0.25) is 0 Å². The Morgan fingerprint density at radius 2 is 2.20 bits per heavy atom. The molecule has 0 aromatic carbocycles. The Balaban J connectivity index is 1.77. The first kappa shape index (κ1) is 6.66. The summed E-state index contributed by atoms with van der Waals surface area (Å²) in [6, 6.07) is 0. The van der Waals surface area contributed by atoms with E-state index in [1.54, 1.807) is 0 Å². The van der Waals surface area contributed by atoms with Crippen molar-refractivity contribution >= 4 is 0 Å².